The van der Waals surface area contributed by atoms with Crippen molar-refractivity contribution >= 4 is 35.0 Å². The molecule has 0 aliphatic carbocycles. The molecule has 3 N–H and O–H groups in total. The summed E-state index contributed by atoms with van der Waals surface area (Å²) in [5.41, 5.74) is 1.31. The van der Waals surface area contributed by atoms with Gasteiger partial charge >= 0.3 is 5.97 Å². The minimum Gasteiger partial charge on any atom is -0.504 e. The van der Waals surface area contributed by atoms with Crippen molar-refractivity contribution in [3.8, 4) is 22.8 Å². The third-order valence-corrected chi connectivity index (χ3v) is 4.84. The highest BCUT2D eigenvalue weighted by molar-refractivity contribution is 8.01. The van der Waals surface area contributed by atoms with E-state index in [1.807, 2.05) is 0 Å². The van der Waals surface area contributed by atoms with E-state index in [0.717, 1.165) is 0 Å². The Morgan fingerprint density at radius 3 is 2.83 bits per heavy atom. The lowest BCUT2D eigenvalue weighted by atomic mass is 10.1. The third kappa shape index (κ3) is 5.14. The van der Waals surface area contributed by atoms with Crippen LogP contribution < -0.4 is 5.32 Å². The summed E-state index contributed by atoms with van der Waals surface area (Å²) < 4.78 is 5.40. The Balaban J connectivity index is 1.86. The number of nitrogens with zero attached hydrogens (tertiary/aromatic N) is 1. The first-order valence-electron chi connectivity index (χ1n) is 7.02. The molecule has 1 amide bonds. The van der Waals surface area contributed by atoms with Crippen molar-refractivity contribution in [2.75, 3.05) is 18.9 Å². The summed E-state index contributed by atoms with van der Waals surface area (Å²) in [5, 5.41) is 23.1. The lowest BCUT2D eigenvalue weighted by Crippen LogP contribution is -2.31. The van der Waals surface area contributed by atoms with Gasteiger partial charge in [0.15, 0.2) is 15.8 Å². The molecule has 9 heteroatoms. The van der Waals surface area contributed by atoms with Gasteiger partial charge in [0, 0.05) is 10.9 Å². The highest BCUT2D eigenvalue weighted by atomic mass is 32.2. The summed E-state index contributed by atoms with van der Waals surface area (Å²) in [5.74, 6) is -1.03. The molecule has 0 fully saturated rings. The summed E-state index contributed by atoms with van der Waals surface area (Å²) in [6.45, 7) is 1.82. The fourth-order valence-electron chi connectivity index (χ4n) is 1.70. The minimum absolute atomic E-state index is 0.132. The number of esters is 1. The standard InChI is InChI=1S/C15H16N2O5S2/c1-2-22-14(21)6-16-13(20)8-24-15-17-10(7-23-15)9-3-4-11(18)12(19)5-9/h3-5,7,18-19H,2,6,8H2,1H3,(H,16,20). The number of phenols is 2. The molecule has 0 unspecified atom stereocenters. The van der Waals surface area contributed by atoms with Crippen LogP contribution in [-0.2, 0) is 14.3 Å². The first-order chi connectivity index (χ1) is 11.5. The van der Waals surface area contributed by atoms with Crippen molar-refractivity contribution in [3.63, 3.8) is 0 Å². The molecule has 0 atom stereocenters. The summed E-state index contributed by atoms with van der Waals surface area (Å²) in [7, 11) is 0. The zero-order valence-corrected chi connectivity index (χ0v) is 14.4. The van der Waals surface area contributed by atoms with E-state index in [0.29, 0.717) is 15.6 Å². The van der Waals surface area contributed by atoms with Crippen molar-refractivity contribution < 1.29 is 24.5 Å². The predicted octanol–water partition coefficient (Wildman–Crippen LogP) is 1.99. The molecule has 1 aromatic heterocycles. The van der Waals surface area contributed by atoms with E-state index in [4.69, 9.17) is 4.74 Å². The molecule has 1 heterocycles. The fraction of sp³-hybridized carbons (Fsp3) is 0.267. The van der Waals surface area contributed by atoms with Gasteiger partial charge in [-0.1, -0.05) is 11.8 Å². The number of rotatable bonds is 7. The number of hydrogen-bond donors (Lipinski definition) is 3. The molecule has 2 rings (SSSR count). The van der Waals surface area contributed by atoms with E-state index in [1.165, 1.54) is 35.2 Å². The van der Waals surface area contributed by atoms with E-state index in [2.05, 4.69) is 10.3 Å². The molecule has 0 aliphatic rings. The number of phenolic OH excluding ortho intramolecular Hbond substituents is 2. The van der Waals surface area contributed by atoms with Crippen molar-refractivity contribution in [2.45, 2.75) is 11.3 Å². The Morgan fingerprint density at radius 1 is 1.33 bits per heavy atom. The van der Waals surface area contributed by atoms with E-state index in [-0.39, 0.29) is 36.3 Å². The number of aromatic hydroxyl groups is 2. The molecular formula is C15H16N2O5S2. The molecular weight excluding hydrogens is 352 g/mol. The van der Waals surface area contributed by atoms with Crippen molar-refractivity contribution in [3.05, 3.63) is 23.6 Å². The molecule has 0 spiro atoms. The van der Waals surface area contributed by atoms with Crippen molar-refractivity contribution in [2.24, 2.45) is 0 Å². The van der Waals surface area contributed by atoms with Crippen LogP contribution in [0.5, 0.6) is 11.5 Å². The average Bonchev–Trinajstić information content (AvgIpc) is 3.03. The Labute approximate surface area is 146 Å². The quantitative estimate of drug-likeness (QED) is 0.389. The molecule has 7 nitrogen and oxygen atoms in total. The molecule has 1 aromatic carbocycles. The van der Waals surface area contributed by atoms with E-state index in [1.54, 1.807) is 18.4 Å². The molecule has 0 saturated heterocycles. The van der Waals surface area contributed by atoms with E-state index < -0.39 is 5.97 Å². The van der Waals surface area contributed by atoms with Crippen LogP contribution >= 0.6 is 23.1 Å². The molecule has 128 valence electrons. The highest BCUT2D eigenvalue weighted by Gasteiger charge is 2.11. The van der Waals surface area contributed by atoms with Gasteiger partial charge in [0.2, 0.25) is 5.91 Å². The Bertz CT molecular complexity index is 732. The van der Waals surface area contributed by atoms with Crippen LogP contribution in [0, 0.1) is 0 Å². The van der Waals surface area contributed by atoms with Crippen molar-refractivity contribution in [1.82, 2.24) is 10.3 Å². The maximum atomic E-state index is 11.7. The first kappa shape index (κ1) is 18.1. The lowest BCUT2D eigenvalue weighted by molar-refractivity contribution is -0.143. The second-order valence-electron chi connectivity index (χ2n) is 4.57. The molecule has 2 aromatic rings. The van der Waals surface area contributed by atoms with Gasteiger partial charge in [0.25, 0.3) is 0 Å². The smallest absolute Gasteiger partial charge is 0.325 e. The number of carbonyl (C=O) groups is 2. The van der Waals surface area contributed by atoms with E-state index >= 15 is 0 Å². The average molecular weight is 368 g/mol. The lowest BCUT2D eigenvalue weighted by Gasteiger charge is -2.03. The number of amides is 1. The number of thioether (sulfide) groups is 1. The molecule has 0 aliphatic heterocycles. The summed E-state index contributed by atoms with van der Waals surface area (Å²) >= 11 is 2.61. The van der Waals surface area contributed by atoms with E-state index in [9.17, 15) is 19.8 Å². The number of nitrogens with one attached hydrogen (secondary N) is 1. The number of ether oxygens (including phenoxy) is 1. The van der Waals surface area contributed by atoms with Crippen LogP contribution in [-0.4, -0.2) is 46.0 Å². The number of aromatic nitrogens is 1. The SMILES string of the molecule is CCOC(=O)CNC(=O)CSc1nc(-c2ccc(O)c(O)c2)cs1. The van der Waals surface area contributed by atoms with Crippen LogP contribution in [0.4, 0.5) is 0 Å². The van der Waals surface area contributed by atoms with Crippen molar-refractivity contribution in [1.29, 1.82) is 0 Å². The zero-order valence-electron chi connectivity index (χ0n) is 12.8. The summed E-state index contributed by atoms with van der Waals surface area (Å²) in [4.78, 5) is 27.2. The normalized spacial score (nSPS) is 10.4. The van der Waals surface area contributed by atoms with Crippen LogP contribution in [0.25, 0.3) is 11.3 Å². The van der Waals surface area contributed by atoms with Crippen LogP contribution in [0.15, 0.2) is 27.9 Å². The van der Waals surface area contributed by atoms with Crippen LogP contribution in [0.3, 0.4) is 0 Å². The Morgan fingerprint density at radius 2 is 2.12 bits per heavy atom. The number of benzene rings is 1. The van der Waals surface area contributed by atoms with Gasteiger partial charge in [0.1, 0.15) is 6.54 Å². The first-order valence-corrected chi connectivity index (χ1v) is 8.89. The predicted molar refractivity (Wildman–Crippen MR) is 91.2 cm³/mol. The van der Waals surface area contributed by atoms with Gasteiger partial charge in [-0.25, -0.2) is 4.98 Å². The van der Waals surface area contributed by atoms with Gasteiger partial charge in [-0.3, -0.25) is 9.59 Å². The third-order valence-electron chi connectivity index (χ3n) is 2.82. The maximum absolute atomic E-state index is 11.7. The van der Waals surface area contributed by atoms with Gasteiger partial charge < -0.3 is 20.3 Å². The molecule has 0 saturated carbocycles. The monoisotopic (exact) mass is 368 g/mol. The van der Waals surface area contributed by atoms with Gasteiger partial charge in [-0.15, -0.1) is 11.3 Å². The number of thiazole rings is 1. The second kappa shape index (κ2) is 8.55. The largest absolute Gasteiger partial charge is 0.504 e. The van der Waals surface area contributed by atoms with Gasteiger partial charge in [-0.2, -0.15) is 0 Å². The zero-order chi connectivity index (χ0) is 17.5. The molecule has 24 heavy (non-hydrogen) atoms. The van der Waals surface area contributed by atoms with Crippen LogP contribution in [0.2, 0.25) is 0 Å². The highest BCUT2D eigenvalue weighted by Crippen LogP contribution is 2.33. The topological polar surface area (TPSA) is 109 Å². The fourth-order valence-corrected chi connectivity index (χ4v) is 3.37. The Hall–Kier alpha value is -2.26. The minimum atomic E-state index is -0.473. The van der Waals surface area contributed by atoms with Crippen LogP contribution in [0.1, 0.15) is 6.92 Å². The maximum Gasteiger partial charge on any atom is 0.325 e. The summed E-state index contributed by atoms with van der Waals surface area (Å²) in [6, 6.07) is 4.45. The Kier molecular flexibility index (Phi) is 6.44. The molecule has 0 bridgehead atoms. The van der Waals surface area contributed by atoms with Gasteiger partial charge in [-0.05, 0) is 25.1 Å². The van der Waals surface area contributed by atoms with Gasteiger partial charge in [0.05, 0.1) is 18.1 Å². The second-order valence-corrected chi connectivity index (χ2v) is 6.65. The summed E-state index contributed by atoms with van der Waals surface area (Å²) in [6.07, 6.45) is 0. The number of carbonyl (C=O) groups excluding carboxylic acids is 2. The number of hydrogen-bond acceptors (Lipinski definition) is 8. The molecule has 0 radical (unpaired) electrons.